The van der Waals surface area contributed by atoms with E-state index in [4.69, 9.17) is 5.11 Å². The SMILES string of the molecule is CC(C(=O)c1ccc(F)c(F)c1)N(CCO)CC(F)F. The second-order valence-corrected chi connectivity index (χ2v) is 4.28. The first kappa shape index (κ1) is 16.6. The molecule has 112 valence electrons. The Balaban J connectivity index is 2.89. The third-order valence-corrected chi connectivity index (χ3v) is 2.89. The number of carbonyl (C=O) groups is 1. The number of ketones is 1. The molecule has 1 rings (SSSR count). The van der Waals surface area contributed by atoms with E-state index in [0.717, 1.165) is 23.1 Å². The van der Waals surface area contributed by atoms with Gasteiger partial charge in [-0.05, 0) is 25.1 Å². The highest BCUT2D eigenvalue weighted by Crippen LogP contribution is 2.14. The number of halogens is 4. The second-order valence-electron chi connectivity index (χ2n) is 4.28. The number of aliphatic hydroxyl groups excluding tert-OH is 1. The molecule has 1 atom stereocenters. The molecule has 7 heteroatoms. The molecule has 3 nitrogen and oxygen atoms in total. The van der Waals surface area contributed by atoms with Crippen LogP contribution in [0, 0.1) is 11.6 Å². The normalized spacial score (nSPS) is 13.0. The Bertz CT molecular complexity index is 468. The smallest absolute Gasteiger partial charge is 0.251 e. The van der Waals surface area contributed by atoms with Gasteiger partial charge in [-0.1, -0.05) is 0 Å². The molecule has 1 aromatic rings. The van der Waals surface area contributed by atoms with Crippen LogP contribution in [-0.2, 0) is 0 Å². The first-order valence-electron chi connectivity index (χ1n) is 5.99. The summed E-state index contributed by atoms with van der Waals surface area (Å²) in [6, 6.07) is 1.66. The van der Waals surface area contributed by atoms with Crippen molar-refractivity contribution < 1.29 is 27.5 Å². The van der Waals surface area contributed by atoms with Gasteiger partial charge in [-0.15, -0.1) is 0 Å². The van der Waals surface area contributed by atoms with Crippen LogP contribution >= 0.6 is 0 Å². The molecule has 1 unspecified atom stereocenters. The van der Waals surface area contributed by atoms with Crippen molar-refractivity contribution in [2.24, 2.45) is 0 Å². The highest BCUT2D eigenvalue weighted by molar-refractivity contribution is 5.99. The monoisotopic (exact) mass is 293 g/mol. The Morgan fingerprint density at radius 2 is 1.95 bits per heavy atom. The Morgan fingerprint density at radius 1 is 1.30 bits per heavy atom. The van der Waals surface area contributed by atoms with E-state index in [1.54, 1.807) is 0 Å². The summed E-state index contributed by atoms with van der Waals surface area (Å²) in [5.41, 5.74) is -0.103. The lowest BCUT2D eigenvalue weighted by molar-refractivity contribution is 0.0515. The molecule has 0 amide bonds. The molecule has 0 fully saturated rings. The van der Waals surface area contributed by atoms with Crippen molar-refractivity contribution in [2.45, 2.75) is 19.4 Å². The van der Waals surface area contributed by atoms with Gasteiger partial charge in [0.2, 0.25) is 0 Å². The first-order chi connectivity index (χ1) is 9.36. The summed E-state index contributed by atoms with van der Waals surface area (Å²) in [5.74, 6) is -2.88. The van der Waals surface area contributed by atoms with Crippen molar-refractivity contribution >= 4 is 5.78 Å². The number of hydrogen-bond acceptors (Lipinski definition) is 3. The maximum absolute atomic E-state index is 13.1. The highest BCUT2D eigenvalue weighted by atomic mass is 19.3. The minimum absolute atomic E-state index is 0.103. The summed E-state index contributed by atoms with van der Waals surface area (Å²) in [5, 5.41) is 8.82. The van der Waals surface area contributed by atoms with Gasteiger partial charge in [0.25, 0.3) is 6.43 Å². The van der Waals surface area contributed by atoms with Gasteiger partial charge < -0.3 is 5.11 Å². The van der Waals surface area contributed by atoms with Crippen LogP contribution in [0.1, 0.15) is 17.3 Å². The second kappa shape index (κ2) is 7.35. The summed E-state index contributed by atoms with van der Waals surface area (Å²) in [4.78, 5) is 13.1. The van der Waals surface area contributed by atoms with Gasteiger partial charge in [0.15, 0.2) is 17.4 Å². The van der Waals surface area contributed by atoms with E-state index in [-0.39, 0.29) is 18.7 Å². The molecule has 0 heterocycles. The van der Waals surface area contributed by atoms with Crippen LogP contribution in [0.5, 0.6) is 0 Å². The summed E-state index contributed by atoms with van der Waals surface area (Å²) >= 11 is 0. The molecule has 0 saturated carbocycles. The summed E-state index contributed by atoms with van der Waals surface area (Å²) in [6.07, 6.45) is -2.67. The van der Waals surface area contributed by atoms with Crippen molar-refractivity contribution in [1.82, 2.24) is 4.90 Å². The van der Waals surface area contributed by atoms with Gasteiger partial charge in [-0.2, -0.15) is 0 Å². The van der Waals surface area contributed by atoms with Crippen LogP contribution in [0.15, 0.2) is 18.2 Å². The molecule has 0 bridgehead atoms. The summed E-state index contributed by atoms with van der Waals surface area (Å²) < 4.78 is 50.7. The molecule has 0 spiro atoms. The van der Waals surface area contributed by atoms with Crippen molar-refractivity contribution in [3.8, 4) is 0 Å². The number of nitrogens with zero attached hydrogens (tertiary/aromatic N) is 1. The van der Waals surface area contributed by atoms with Crippen LogP contribution in [0.4, 0.5) is 17.6 Å². The van der Waals surface area contributed by atoms with Crippen LogP contribution < -0.4 is 0 Å². The summed E-state index contributed by atoms with van der Waals surface area (Å²) in [7, 11) is 0. The maximum Gasteiger partial charge on any atom is 0.251 e. The van der Waals surface area contributed by atoms with Gasteiger partial charge >= 0.3 is 0 Å². The fraction of sp³-hybridized carbons (Fsp3) is 0.462. The fourth-order valence-corrected chi connectivity index (χ4v) is 1.81. The first-order valence-corrected chi connectivity index (χ1v) is 5.99. The molecule has 0 aliphatic rings. The Labute approximate surface area is 113 Å². The van der Waals surface area contributed by atoms with Crippen LogP contribution in [0.2, 0.25) is 0 Å². The Morgan fingerprint density at radius 3 is 2.45 bits per heavy atom. The average Bonchev–Trinajstić information content (AvgIpc) is 2.39. The standard InChI is InChI=1S/C13H15F4NO2/c1-8(18(4-5-19)7-12(16)17)13(20)9-2-3-10(14)11(15)6-9/h2-3,6,8,12,19H,4-5,7H2,1H3. The molecular weight excluding hydrogens is 278 g/mol. The minimum Gasteiger partial charge on any atom is -0.395 e. The van der Waals surface area contributed by atoms with E-state index in [1.807, 2.05) is 0 Å². The predicted molar refractivity (Wildman–Crippen MR) is 64.8 cm³/mol. The number of benzene rings is 1. The number of rotatable bonds is 7. The lowest BCUT2D eigenvalue weighted by Crippen LogP contribution is -2.43. The molecule has 1 N–H and O–H groups in total. The lowest BCUT2D eigenvalue weighted by atomic mass is 10.0. The third kappa shape index (κ3) is 4.28. The topological polar surface area (TPSA) is 40.5 Å². The molecular formula is C13H15F4NO2. The molecule has 20 heavy (non-hydrogen) atoms. The van der Waals surface area contributed by atoms with Gasteiger partial charge in [0.05, 0.1) is 19.2 Å². The van der Waals surface area contributed by atoms with E-state index in [2.05, 4.69) is 0 Å². The zero-order valence-electron chi connectivity index (χ0n) is 10.8. The zero-order valence-corrected chi connectivity index (χ0v) is 10.8. The van der Waals surface area contributed by atoms with Crippen LogP contribution in [0.25, 0.3) is 0 Å². The molecule has 0 aromatic heterocycles. The Hall–Kier alpha value is -1.47. The van der Waals surface area contributed by atoms with Gasteiger partial charge in [0.1, 0.15) is 0 Å². The molecule has 0 aliphatic heterocycles. The maximum atomic E-state index is 13.1. The molecule has 0 aliphatic carbocycles. The van der Waals surface area contributed by atoms with Crippen molar-refractivity contribution in [2.75, 3.05) is 19.7 Å². The fourth-order valence-electron chi connectivity index (χ4n) is 1.81. The quantitative estimate of drug-likeness (QED) is 0.618. The molecule has 0 radical (unpaired) electrons. The van der Waals surface area contributed by atoms with E-state index < -0.39 is 36.4 Å². The Kier molecular flexibility index (Phi) is 6.09. The number of Topliss-reactive ketones (excluding diaryl/α,β-unsaturated/α-hetero) is 1. The van der Waals surface area contributed by atoms with Gasteiger partial charge in [-0.25, -0.2) is 17.6 Å². The number of aliphatic hydroxyl groups is 1. The van der Waals surface area contributed by atoms with Crippen LogP contribution in [0.3, 0.4) is 0 Å². The molecule has 1 aromatic carbocycles. The van der Waals surface area contributed by atoms with E-state index >= 15 is 0 Å². The highest BCUT2D eigenvalue weighted by Gasteiger charge is 2.25. The van der Waals surface area contributed by atoms with Gasteiger partial charge in [0, 0.05) is 12.1 Å². The number of hydrogen-bond donors (Lipinski definition) is 1. The van der Waals surface area contributed by atoms with Gasteiger partial charge in [-0.3, -0.25) is 9.69 Å². The lowest BCUT2D eigenvalue weighted by Gasteiger charge is -2.27. The number of carbonyl (C=O) groups excluding carboxylic acids is 1. The predicted octanol–water partition coefficient (Wildman–Crippen LogP) is 2.10. The largest absolute Gasteiger partial charge is 0.395 e. The van der Waals surface area contributed by atoms with Crippen molar-refractivity contribution in [3.63, 3.8) is 0 Å². The number of alkyl halides is 2. The van der Waals surface area contributed by atoms with E-state index in [9.17, 15) is 22.4 Å². The van der Waals surface area contributed by atoms with Crippen LogP contribution in [-0.4, -0.2) is 48.0 Å². The zero-order chi connectivity index (χ0) is 15.3. The average molecular weight is 293 g/mol. The van der Waals surface area contributed by atoms with Crippen molar-refractivity contribution in [3.05, 3.63) is 35.4 Å². The third-order valence-electron chi connectivity index (χ3n) is 2.89. The molecule has 0 saturated heterocycles. The van der Waals surface area contributed by atoms with E-state index in [1.165, 1.54) is 6.92 Å². The van der Waals surface area contributed by atoms with Crippen molar-refractivity contribution in [1.29, 1.82) is 0 Å². The van der Waals surface area contributed by atoms with E-state index in [0.29, 0.717) is 0 Å². The minimum atomic E-state index is -2.67. The summed E-state index contributed by atoms with van der Waals surface area (Å²) in [6.45, 7) is 0.196.